The maximum Gasteiger partial charge on any atom is 0.326 e. The minimum Gasteiger partial charge on any atom is -0.501 e. The standard InChI is InChI=1S/C24H25N5O5/c1-14(27-22(31)20-21(30)23(32)29-24(33)28-20)18-10-16(8-9-19(18)34-2)17(11-25)13-26-12-15-6-4-3-5-7-15/h3-11,13-14,25-26,30H,12H2,1-2H3,(H,27,31)(H2,28,29,32,33)/b17-13+,25-11?/t14-/m1/s1. The topological polar surface area (TPSA) is 160 Å². The zero-order chi connectivity index (χ0) is 24.7. The molecule has 1 amide bonds. The van der Waals surface area contributed by atoms with E-state index in [4.69, 9.17) is 10.1 Å². The van der Waals surface area contributed by atoms with Crippen LogP contribution >= 0.6 is 0 Å². The number of hydrogen-bond acceptors (Lipinski definition) is 7. The molecule has 1 aromatic heterocycles. The fraction of sp³-hybridized carbons (Fsp3) is 0.167. The molecule has 0 saturated carbocycles. The molecule has 34 heavy (non-hydrogen) atoms. The summed E-state index contributed by atoms with van der Waals surface area (Å²) in [6.45, 7) is 2.27. The number of carbonyl (C=O) groups is 1. The predicted octanol–water partition coefficient (Wildman–Crippen LogP) is 2.05. The van der Waals surface area contributed by atoms with Crippen LogP contribution in [-0.4, -0.2) is 34.3 Å². The summed E-state index contributed by atoms with van der Waals surface area (Å²) in [7, 11) is 1.49. The van der Waals surface area contributed by atoms with Gasteiger partial charge in [0.05, 0.1) is 13.2 Å². The quantitative estimate of drug-likeness (QED) is 0.266. The molecule has 3 aromatic rings. The van der Waals surface area contributed by atoms with Gasteiger partial charge in [0.2, 0.25) is 5.75 Å². The Hall–Kier alpha value is -4.60. The summed E-state index contributed by atoms with van der Waals surface area (Å²) in [5.41, 5.74) is 0.483. The lowest BCUT2D eigenvalue weighted by atomic mass is 9.99. The van der Waals surface area contributed by atoms with Gasteiger partial charge in [-0.2, -0.15) is 0 Å². The average molecular weight is 463 g/mol. The van der Waals surface area contributed by atoms with Crippen molar-refractivity contribution in [1.29, 1.82) is 5.41 Å². The van der Waals surface area contributed by atoms with Crippen molar-refractivity contribution >= 4 is 17.7 Å². The van der Waals surface area contributed by atoms with Crippen LogP contribution in [0.25, 0.3) is 5.57 Å². The Bertz CT molecular complexity index is 1330. The van der Waals surface area contributed by atoms with Crippen LogP contribution in [0.5, 0.6) is 11.5 Å². The zero-order valence-corrected chi connectivity index (χ0v) is 18.6. The maximum absolute atomic E-state index is 12.6. The van der Waals surface area contributed by atoms with E-state index in [-0.39, 0.29) is 0 Å². The van der Waals surface area contributed by atoms with E-state index in [9.17, 15) is 19.5 Å². The number of methoxy groups -OCH3 is 1. The molecule has 6 N–H and O–H groups in total. The number of hydrogen-bond donors (Lipinski definition) is 6. The summed E-state index contributed by atoms with van der Waals surface area (Å²) in [5, 5.41) is 23.5. The fourth-order valence-electron chi connectivity index (χ4n) is 3.33. The van der Waals surface area contributed by atoms with Crippen molar-refractivity contribution in [2.24, 2.45) is 0 Å². The minimum absolute atomic E-state index is 0.488. The third-order valence-electron chi connectivity index (χ3n) is 5.08. The van der Waals surface area contributed by atoms with Crippen molar-refractivity contribution in [3.63, 3.8) is 0 Å². The maximum atomic E-state index is 12.6. The molecule has 1 atom stereocenters. The van der Waals surface area contributed by atoms with Crippen molar-refractivity contribution in [1.82, 2.24) is 20.6 Å². The second-order valence-electron chi connectivity index (χ2n) is 7.39. The third-order valence-corrected chi connectivity index (χ3v) is 5.08. The number of ether oxygens (including phenoxy) is 1. The molecule has 0 saturated heterocycles. The molecule has 0 aliphatic heterocycles. The highest BCUT2D eigenvalue weighted by Gasteiger charge is 2.20. The van der Waals surface area contributed by atoms with Crippen LogP contribution in [-0.2, 0) is 6.54 Å². The van der Waals surface area contributed by atoms with Gasteiger partial charge in [0.1, 0.15) is 5.75 Å². The fourth-order valence-corrected chi connectivity index (χ4v) is 3.33. The first-order valence-corrected chi connectivity index (χ1v) is 10.4. The Morgan fingerprint density at radius 2 is 1.91 bits per heavy atom. The summed E-state index contributed by atoms with van der Waals surface area (Å²) in [6, 6.07) is 14.5. The molecule has 0 radical (unpaired) electrons. The number of H-pyrrole nitrogens is 2. The van der Waals surface area contributed by atoms with Crippen LogP contribution in [0.15, 0.2) is 64.3 Å². The van der Waals surface area contributed by atoms with Crippen LogP contribution < -0.4 is 26.6 Å². The molecule has 3 rings (SSSR count). The van der Waals surface area contributed by atoms with Crippen molar-refractivity contribution in [2.75, 3.05) is 7.11 Å². The molecule has 0 spiro atoms. The lowest BCUT2D eigenvalue weighted by Crippen LogP contribution is -2.33. The Morgan fingerprint density at radius 3 is 2.59 bits per heavy atom. The highest BCUT2D eigenvalue weighted by molar-refractivity contribution is 6.08. The van der Waals surface area contributed by atoms with Gasteiger partial charge < -0.3 is 25.9 Å². The number of nitrogens with one attached hydrogen (secondary N) is 5. The number of benzene rings is 2. The molecule has 0 fully saturated rings. The van der Waals surface area contributed by atoms with E-state index in [1.54, 1.807) is 31.3 Å². The highest BCUT2D eigenvalue weighted by atomic mass is 16.5. The van der Waals surface area contributed by atoms with Gasteiger partial charge in [-0.05, 0) is 30.2 Å². The van der Waals surface area contributed by atoms with Gasteiger partial charge >= 0.3 is 5.69 Å². The molecule has 0 bridgehead atoms. The number of rotatable bonds is 9. The normalized spacial score (nSPS) is 12.0. The van der Waals surface area contributed by atoms with Crippen molar-refractivity contribution in [3.8, 4) is 11.5 Å². The van der Waals surface area contributed by atoms with Crippen LogP contribution in [0.4, 0.5) is 0 Å². The summed E-state index contributed by atoms with van der Waals surface area (Å²) >= 11 is 0. The SMILES string of the molecule is COc1ccc(/C(C=N)=C/NCc2ccccc2)cc1[C@@H](C)NC(=O)c1[nH]c(=O)[nH]c(=O)c1O. The van der Waals surface area contributed by atoms with Gasteiger partial charge in [-0.3, -0.25) is 19.6 Å². The average Bonchev–Trinajstić information content (AvgIpc) is 2.84. The van der Waals surface area contributed by atoms with E-state index in [2.05, 4.69) is 15.6 Å². The van der Waals surface area contributed by atoms with Crippen LogP contribution in [0.1, 0.15) is 40.1 Å². The number of aromatic hydroxyl groups is 1. The van der Waals surface area contributed by atoms with E-state index >= 15 is 0 Å². The third kappa shape index (κ3) is 5.60. The van der Waals surface area contributed by atoms with Gasteiger partial charge in [0.15, 0.2) is 5.69 Å². The number of allylic oxidation sites excluding steroid dienone is 1. The Kier molecular flexibility index (Phi) is 7.65. The van der Waals surface area contributed by atoms with E-state index in [0.717, 1.165) is 5.56 Å². The lowest BCUT2D eigenvalue weighted by Gasteiger charge is -2.19. The van der Waals surface area contributed by atoms with Crippen LogP contribution in [0, 0.1) is 5.41 Å². The van der Waals surface area contributed by atoms with Crippen molar-refractivity contribution < 1.29 is 14.6 Å². The first-order valence-electron chi connectivity index (χ1n) is 10.4. The van der Waals surface area contributed by atoms with Gasteiger partial charge in [0.25, 0.3) is 11.5 Å². The highest BCUT2D eigenvalue weighted by Crippen LogP contribution is 2.29. The molecule has 1 heterocycles. The van der Waals surface area contributed by atoms with Gasteiger partial charge in [-0.1, -0.05) is 36.4 Å². The number of aromatic nitrogens is 2. The van der Waals surface area contributed by atoms with E-state index in [1.807, 2.05) is 35.3 Å². The Balaban J connectivity index is 1.84. The molecule has 0 aliphatic rings. The predicted molar refractivity (Wildman–Crippen MR) is 128 cm³/mol. The summed E-state index contributed by atoms with van der Waals surface area (Å²) < 4.78 is 5.42. The second-order valence-corrected chi connectivity index (χ2v) is 7.39. The summed E-state index contributed by atoms with van der Waals surface area (Å²) in [5.74, 6) is -1.24. The first kappa shape index (κ1) is 24.1. The minimum atomic E-state index is -1.06. The molecule has 176 valence electrons. The smallest absolute Gasteiger partial charge is 0.326 e. The number of amides is 1. The van der Waals surface area contributed by atoms with Crippen LogP contribution in [0.3, 0.4) is 0 Å². The zero-order valence-electron chi connectivity index (χ0n) is 18.6. The Labute approximate surface area is 194 Å². The molecule has 0 unspecified atom stereocenters. The molecule has 10 heteroatoms. The van der Waals surface area contributed by atoms with E-state index < -0.39 is 34.6 Å². The van der Waals surface area contributed by atoms with E-state index in [0.29, 0.717) is 29.0 Å². The van der Waals surface area contributed by atoms with Gasteiger partial charge in [-0.15, -0.1) is 0 Å². The molecular weight excluding hydrogens is 438 g/mol. The first-order chi connectivity index (χ1) is 16.3. The monoisotopic (exact) mass is 463 g/mol. The summed E-state index contributed by atoms with van der Waals surface area (Å²) in [6.07, 6.45) is 2.94. The largest absolute Gasteiger partial charge is 0.501 e. The Morgan fingerprint density at radius 1 is 1.18 bits per heavy atom. The molecular formula is C24H25N5O5. The summed E-state index contributed by atoms with van der Waals surface area (Å²) in [4.78, 5) is 39.7. The van der Waals surface area contributed by atoms with Crippen molar-refractivity contribution in [3.05, 3.63) is 98.0 Å². The molecule has 0 aliphatic carbocycles. The second kappa shape index (κ2) is 10.8. The van der Waals surface area contributed by atoms with Gasteiger partial charge in [-0.25, -0.2) is 4.79 Å². The molecule has 2 aromatic carbocycles. The molecule has 10 nitrogen and oxygen atoms in total. The van der Waals surface area contributed by atoms with Gasteiger partial charge in [0, 0.05) is 30.1 Å². The van der Waals surface area contributed by atoms with Crippen LogP contribution in [0.2, 0.25) is 0 Å². The number of aromatic amines is 2. The van der Waals surface area contributed by atoms with Crippen molar-refractivity contribution in [2.45, 2.75) is 19.5 Å². The number of carbonyl (C=O) groups excluding carboxylic acids is 1. The lowest BCUT2D eigenvalue weighted by molar-refractivity contribution is 0.0930. The van der Waals surface area contributed by atoms with E-state index in [1.165, 1.54) is 13.3 Å².